The van der Waals surface area contributed by atoms with Crippen LogP contribution in [0.25, 0.3) is 5.70 Å². The second-order valence-corrected chi connectivity index (χ2v) is 5.07. The van der Waals surface area contributed by atoms with Crippen molar-refractivity contribution in [3.05, 3.63) is 35.4 Å². The minimum Gasteiger partial charge on any atom is -0.305 e. The predicted octanol–water partition coefficient (Wildman–Crippen LogP) is 4.97. The minimum atomic E-state index is -0.314. The van der Waals surface area contributed by atoms with E-state index in [2.05, 4.69) is 30.8 Å². The third kappa shape index (κ3) is 3.84. The number of nitrogens with zero attached hydrogens (tertiary/aromatic N) is 2. The molecule has 4 nitrogen and oxygen atoms in total. The molecule has 5 heteroatoms. The van der Waals surface area contributed by atoms with Crippen LogP contribution in [0.1, 0.15) is 39.7 Å². The molecule has 1 aromatic rings. The maximum Gasteiger partial charge on any atom is 0.347 e. The van der Waals surface area contributed by atoms with Crippen LogP contribution in [0.3, 0.4) is 0 Å². The summed E-state index contributed by atoms with van der Waals surface area (Å²) in [7, 11) is 0. The van der Waals surface area contributed by atoms with Gasteiger partial charge in [-0.1, -0.05) is 38.4 Å². The molecule has 0 unspecified atom stereocenters. The van der Waals surface area contributed by atoms with Crippen LogP contribution in [0.5, 0.6) is 0 Å². The zero-order valence-electron chi connectivity index (χ0n) is 12.3. The average molecular weight is 294 g/mol. The van der Waals surface area contributed by atoms with Crippen LogP contribution < -0.4 is 5.32 Å². The summed E-state index contributed by atoms with van der Waals surface area (Å²) >= 11 is 5.92. The number of urea groups is 1. The molecule has 0 bridgehead atoms. The van der Waals surface area contributed by atoms with Gasteiger partial charge in [0.05, 0.1) is 11.4 Å². The number of hydrogen-bond donors (Lipinski definition) is 1. The molecule has 0 saturated carbocycles. The lowest BCUT2D eigenvalue weighted by Crippen LogP contribution is -2.34. The van der Waals surface area contributed by atoms with Crippen LogP contribution in [0.4, 0.5) is 10.5 Å². The number of rotatable bonds is 1. The molecule has 1 N–H and O–H groups in total. The van der Waals surface area contributed by atoms with E-state index in [1.165, 1.54) is 11.4 Å². The van der Waals surface area contributed by atoms with Gasteiger partial charge in [-0.05, 0) is 32.0 Å². The van der Waals surface area contributed by atoms with E-state index in [-0.39, 0.29) is 6.03 Å². The molecule has 0 spiro atoms. The van der Waals surface area contributed by atoms with Gasteiger partial charge in [0, 0.05) is 16.3 Å². The fourth-order valence-corrected chi connectivity index (χ4v) is 1.75. The van der Waals surface area contributed by atoms with E-state index in [0.29, 0.717) is 16.4 Å². The number of benzene rings is 1. The molecule has 1 aliphatic rings. The van der Waals surface area contributed by atoms with E-state index in [4.69, 9.17) is 11.6 Å². The van der Waals surface area contributed by atoms with Gasteiger partial charge in [0.1, 0.15) is 0 Å². The molecule has 2 rings (SSSR count). The summed E-state index contributed by atoms with van der Waals surface area (Å²) in [5.74, 6) is 0. The number of hydrazone groups is 1. The fraction of sp³-hybridized carbons (Fsp3) is 0.333. The molecule has 0 radical (unpaired) electrons. The summed E-state index contributed by atoms with van der Waals surface area (Å²) in [6.07, 6.45) is 1.25. The third-order valence-electron chi connectivity index (χ3n) is 2.28. The Balaban J connectivity index is 0.000000612. The summed E-state index contributed by atoms with van der Waals surface area (Å²) in [4.78, 5) is 11.8. The van der Waals surface area contributed by atoms with Crippen molar-refractivity contribution in [3.8, 4) is 0 Å². The molecule has 0 saturated heterocycles. The zero-order chi connectivity index (χ0) is 15.3. The molecule has 1 heterocycles. The molecule has 2 amide bonds. The van der Waals surface area contributed by atoms with Crippen molar-refractivity contribution in [2.45, 2.75) is 34.1 Å². The Morgan fingerprint density at radius 1 is 1.40 bits per heavy atom. The van der Waals surface area contributed by atoms with Crippen LogP contribution in [-0.2, 0) is 0 Å². The molecular weight excluding hydrogens is 274 g/mol. The van der Waals surface area contributed by atoms with Gasteiger partial charge in [0.25, 0.3) is 0 Å². The quantitative estimate of drug-likeness (QED) is 0.730. The summed E-state index contributed by atoms with van der Waals surface area (Å²) in [6.45, 7) is 11.8. The SMILES string of the molecule is C=C1c2cc(Cl)ccc2NC(=O)N1N=C(C)C.CCC. The molecule has 0 aliphatic carbocycles. The van der Waals surface area contributed by atoms with Gasteiger partial charge in [0.2, 0.25) is 0 Å². The Morgan fingerprint density at radius 3 is 2.55 bits per heavy atom. The number of anilines is 1. The Labute approximate surface area is 125 Å². The Kier molecular flexibility index (Phi) is 5.77. The number of halogens is 1. The van der Waals surface area contributed by atoms with Gasteiger partial charge in [-0.15, -0.1) is 0 Å². The summed E-state index contributed by atoms with van der Waals surface area (Å²) < 4.78 is 0. The smallest absolute Gasteiger partial charge is 0.305 e. The normalized spacial score (nSPS) is 12.9. The van der Waals surface area contributed by atoms with Crippen LogP contribution in [0, 0.1) is 0 Å². The Hall–Kier alpha value is -1.81. The first kappa shape index (κ1) is 16.2. The number of amides is 2. The van der Waals surface area contributed by atoms with Crippen molar-refractivity contribution in [2.75, 3.05) is 5.32 Å². The number of fused-ring (bicyclic) bond motifs is 1. The second kappa shape index (κ2) is 7.10. The Morgan fingerprint density at radius 2 is 2.00 bits per heavy atom. The van der Waals surface area contributed by atoms with Crippen molar-refractivity contribution in [1.82, 2.24) is 5.01 Å². The van der Waals surface area contributed by atoms with Crippen LogP contribution in [0.15, 0.2) is 29.9 Å². The maximum atomic E-state index is 11.8. The highest BCUT2D eigenvalue weighted by molar-refractivity contribution is 6.31. The lowest BCUT2D eigenvalue weighted by molar-refractivity contribution is 0.231. The topological polar surface area (TPSA) is 44.7 Å². The molecule has 0 aromatic heterocycles. The van der Waals surface area contributed by atoms with E-state index in [9.17, 15) is 4.79 Å². The predicted molar refractivity (Wildman–Crippen MR) is 86.1 cm³/mol. The van der Waals surface area contributed by atoms with E-state index < -0.39 is 0 Å². The van der Waals surface area contributed by atoms with Gasteiger partial charge in [-0.25, -0.2) is 4.79 Å². The first-order valence-electron chi connectivity index (χ1n) is 6.52. The molecule has 1 aliphatic heterocycles. The lowest BCUT2D eigenvalue weighted by Gasteiger charge is -2.27. The van der Waals surface area contributed by atoms with Crippen molar-refractivity contribution in [1.29, 1.82) is 0 Å². The first-order valence-corrected chi connectivity index (χ1v) is 6.90. The molecular formula is C15H20ClN3O. The first-order chi connectivity index (χ1) is 9.40. The molecule has 1 aromatic carbocycles. The van der Waals surface area contributed by atoms with Crippen LogP contribution >= 0.6 is 11.6 Å². The lowest BCUT2D eigenvalue weighted by atomic mass is 10.1. The van der Waals surface area contributed by atoms with Crippen molar-refractivity contribution in [3.63, 3.8) is 0 Å². The minimum absolute atomic E-state index is 0.314. The third-order valence-corrected chi connectivity index (χ3v) is 2.52. The second-order valence-electron chi connectivity index (χ2n) is 4.63. The molecule has 0 atom stereocenters. The van der Waals surface area contributed by atoms with Gasteiger partial charge < -0.3 is 5.32 Å². The maximum absolute atomic E-state index is 11.8. The molecule has 0 fully saturated rings. The van der Waals surface area contributed by atoms with E-state index in [1.54, 1.807) is 18.2 Å². The standard InChI is InChI=1S/C12H12ClN3O.C3H8/c1-7(2)15-16-8(3)10-6-9(13)4-5-11(10)14-12(16)17;1-3-2/h4-6H,3H2,1-2H3,(H,14,17);3H2,1-2H3. The van der Waals surface area contributed by atoms with Crippen LogP contribution in [-0.4, -0.2) is 16.8 Å². The monoisotopic (exact) mass is 293 g/mol. The summed E-state index contributed by atoms with van der Waals surface area (Å²) in [5, 5.41) is 8.70. The molecule has 20 heavy (non-hydrogen) atoms. The van der Waals surface area contributed by atoms with Crippen molar-refractivity contribution in [2.24, 2.45) is 5.10 Å². The van der Waals surface area contributed by atoms with E-state index in [1.807, 2.05) is 13.8 Å². The number of hydrogen-bond acceptors (Lipinski definition) is 2. The van der Waals surface area contributed by atoms with Gasteiger partial charge in [-0.3, -0.25) is 0 Å². The highest BCUT2D eigenvalue weighted by atomic mass is 35.5. The highest BCUT2D eigenvalue weighted by Crippen LogP contribution is 2.33. The average Bonchev–Trinajstić information content (AvgIpc) is 2.36. The van der Waals surface area contributed by atoms with Gasteiger partial charge in [0.15, 0.2) is 0 Å². The zero-order valence-corrected chi connectivity index (χ0v) is 13.1. The number of nitrogens with one attached hydrogen (secondary N) is 1. The van der Waals surface area contributed by atoms with Crippen LogP contribution in [0.2, 0.25) is 5.02 Å². The summed E-state index contributed by atoms with van der Waals surface area (Å²) in [6, 6.07) is 4.91. The van der Waals surface area contributed by atoms with E-state index >= 15 is 0 Å². The van der Waals surface area contributed by atoms with Crippen molar-refractivity contribution >= 4 is 34.7 Å². The van der Waals surface area contributed by atoms with Crippen molar-refractivity contribution < 1.29 is 4.79 Å². The van der Waals surface area contributed by atoms with E-state index in [0.717, 1.165) is 11.3 Å². The fourth-order valence-electron chi connectivity index (χ4n) is 1.57. The van der Waals surface area contributed by atoms with Gasteiger partial charge >= 0.3 is 6.03 Å². The number of carbonyl (C=O) groups is 1. The highest BCUT2D eigenvalue weighted by Gasteiger charge is 2.26. The molecule has 108 valence electrons. The largest absolute Gasteiger partial charge is 0.347 e. The summed E-state index contributed by atoms with van der Waals surface area (Å²) in [5.41, 5.74) is 2.77. The van der Waals surface area contributed by atoms with Gasteiger partial charge in [-0.2, -0.15) is 10.1 Å². The Bertz CT molecular complexity index is 548. The number of carbonyl (C=O) groups excluding carboxylic acids is 1.